The molecule has 0 bridgehead atoms. The number of ether oxygens (including phenoxy) is 1. The molecule has 2 nitrogen and oxygen atoms in total. The van der Waals surface area contributed by atoms with E-state index in [-0.39, 0.29) is 12.0 Å². The first-order chi connectivity index (χ1) is 15.1. The molecular weight excluding hydrogens is 426 g/mol. The minimum Gasteiger partial charge on any atom is -0.493 e. The lowest BCUT2D eigenvalue weighted by Gasteiger charge is -2.48. The standard InChI is InChI=1S/C27H36F2O2S/c1-4-11-26(30)15-13-25(14-16-26)12-10-22(18-24(25)32)17-21-6-8-23(9-7-21)31-19-20(3)27(28,29)5-2/h4-9,20,22,30H,1-2,10-19H2,3H3/t20-,22?,25?,26?/m0/s1. The highest BCUT2D eigenvalue weighted by Gasteiger charge is 2.45. The maximum absolute atomic E-state index is 13.6. The minimum absolute atomic E-state index is 0.0563. The van der Waals surface area contributed by atoms with E-state index in [1.807, 2.05) is 30.3 Å². The second-order valence-corrected chi connectivity index (χ2v) is 10.5. The fourth-order valence-electron chi connectivity index (χ4n) is 5.16. The molecule has 0 amide bonds. The Kier molecular flexibility index (Phi) is 7.93. The van der Waals surface area contributed by atoms with Gasteiger partial charge in [-0.05, 0) is 92.3 Å². The fourth-order valence-corrected chi connectivity index (χ4v) is 5.70. The van der Waals surface area contributed by atoms with Gasteiger partial charge in [0.05, 0.1) is 18.1 Å². The van der Waals surface area contributed by atoms with Crippen molar-refractivity contribution in [1.82, 2.24) is 0 Å². The van der Waals surface area contributed by atoms with Crippen LogP contribution in [0.1, 0.15) is 63.9 Å². The van der Waals surface area contributed by atoms with Gasteiger partial charge in [-0.25, -0.2) is 8.78 Å². The van der Waals surface area contributed by atoms with Gasteiger partial charge in [0.1, 0.15) is 5.75 Å². The summed E-state index contributed by atoms with van der Waals surface area (Å²) in [6.45, 7) is 8.37. The van der Waals surface area contributed by atoms with E-state index in [0.29, 0.717) is 24.2 Å². The molecule has 2 saturated carbocycles. The van der Waals surface area contributed by atoms with E-state index in [2.05, 4.69) is 13.2 Å². The molecule has 176 valence electrons. The highest BCUT2D eigenvalue weighted by molar-refractivity contribution is 7.80. The molecule has 2 aliphatic carbocycles. The normalized spacial score (nSPS) is 29.5. The Labute approximate surface area is 196 Å². The summed E-state index contributed by atoms with van der Waals surface area (Å²) in [6, 6.07) is 7.76. The molecule has 0 saturated heterocycles. The molecule has 0 heterocycles. The number of benzene rings is 1. The Morgan fingerprint density at radius 2 is 1.84 bits per heavy atom. The Bertz CT molecular complexity index is 809. The first-order valence-corrected chi connectivity index (χ1v) is 12.1. The van der Waals surface area contributed by atoms with Gasteiger partial charge < -0.3 is 9.84 Å². The Morgan fingerprint density at radius 3 is 2.41 bits per heavy atom. The van der Waals surface area contributed by atoms with E-state index >= 15 is 0 Å². The van der Waals surface area contributed by atoms with Crippen LogP contribution in [0.5, 0.6) is 5.75 Å². The predicted molar refractivity (Wildman–Crippen MR) is 131 cm³/mol. The van der Waals surface area contributed by atoms with E-state index in [0.717, 1.165) is 51.4 Å². The molecular formula is C27H36F2O2S. The largest absolute Gasteiger partial charge is 0.493 e. The maximum Gasteiger partial charge on any atom is 0.271 e. The third-order valence-corrected chi connectivity index (χ3v) is 8.24. The second-order valence-electron chi connectivity index (χ2n) is 9.97. The van der Waals surface area contributed by atoms with Crippen LogP contribution >= 0.6 is 12.2 Å². The molecule has 1 unspecified atom stereocenters. The van der Waals surface area contributed by atoms with Gasteiger partial charge in [0.2, 0.25) is 0 Å². The summed E-state index contributed by atoms with van der Waals surface area (Å²) in [5.74, 6) is -2.73. The smallest absolute Gasteiger partial charge is 0.271 e. The average molecular weight is 463 g/mol. The fraction of sp³-hybridized carbons (Fsp3) is 0.593. The van der Waals surface area contributed by atoms with E-state index in [9.17, 15) is 13.9 Å². The van der Waals surface area contributed by atoms with Crippen LogP contribution in [-0.4, -0.2) is 28.1 Å². The van der Waals surface area contributed by atoms with Crippen LogP contribution in [0.15, 0.2) is 49.6 Å². The number of alkyl halides is 2. The molecule has 32 heavy (non-hydrogen) atoms. The number of allylic oxidation sites excluding steroid dienone is 1. The highest BCUT2D eigenvalue weighted by Crippen LogP contribution is 2.50. The first-order valence-electron chi connectivity index (χ1n) is 11.7. The van der Waals surface area contributed by atoms with E-state index in [4.69, 9.17) is 17.0 Å². The zero-order chi connectivity index (χ0) is 23.4. The number of hydrogen-bond donors (Lipinski definition) is 1. The summed E-state index contributed by atoms with van der Waals surface area (Å²) in [4.78, 5) is 1.19. The molecule has 3 rings (SSSR count). The van der Waals surface area contributed by atoms with Crippen LogP contribution in [-0.2, 0) is 6.42 Å². The summed E-state index contributed by atoms with van der Waals surface area (Å²) in [5.41, 5.74) is 0.749. The molecule has 1 spiro atoms. The van der Waals surface area contributed by atoms with Crippen molar-refractivity contribution in [3.8, 4) is 5.75 Å². The minimum atomic E-state index is -2.93. The maximum atomic E-state index is 13.6. The number of rotatable bonds is 9. The van der Waals surface area contributed by atoms with Gasteiger partial charge in [-0.1, -0.05) is 43.9 Å². The highest BCUT2D eigenvalue weighted by atomic mass is 32.1. The van der Waals surface area contributed by atoms with Crippen LogP contribution < -0.4 is 4.74 Å². The number of thiocarbonyl (C=S) groups is 1. The van der Waals surface area contributed by atoms with Crippen molar-refractivity contribution in [1.29, 1.82) is 0 Å². The molecule has 0 aliphatic heterocycles. The number of halogens is 2. The van der Waals surface area contributed by atoms with E-state index in [1.165, 1.54) is 17.4 Å². The van der Waals surface area contributed by atoms with Gasteiger partial charge in [-0.2, -0.15) is 0 Å². The summed E-state index contributed by atoms with van der Waals surface area (Å²) in [6.07, 6.45) is 10.9. The van der Waals surface area contributed by atoms with Crippen LogP contribution in [0.4, 0.5) is 8.78 Å². The molecule has 1 aromatic rings. The third-order valence-electron chi connectivity index (χ3n) is 7.64. The van der Waals surface area contributed by atoms with Gasteiger partial charge in [-0.15, -0.1) is 6.58 Å². The lowest BCUT2D eigenvalue weighted by Crippen LogP contribution is -2.45. The van der Waals surface area contributed by atoms with Crippen molar-refractivity contribution < 1.29 is 18.6 Å². The van der Waals surface area contributed by atoms with Crippen molar-refractivity contribution in [3.63, 3.8) is 0 Å². The van der Waals surface area contributed by atoms with E-state index < -0.39 is 17.4 Å². The van der Waals surface area contributed by atoms with Crippen molar-refractivity contribution in [3.05, 3.63) is 55.1 Å². The summed E-state index contributed by atoms with van der Waals surface area (Å²) in [5, 5.41) is 10.7. The van der Waals surface area contributed by atoms with E-state index in [1.54, 1.807) is 0 Å². The SMILES string of the molecule is C=CCC1(O)CCC2(CCC(Cc3ccc(OC[C@H](C)C(F)(F)C=C)cc3)CC2=S)CC1. The molecule has 0 aromatic heterocycles. The van der Waals surface area contributed by atoms with Crippen molar-refractivity contribution in [2.45, 2.75) is 76.2 Å². The van der Waals surface area contributed by atoms with Gasteiger partial charge in [0.25, 0.3) is 5.92 Å². The Hall–Kier alpha value is -1.59. The summed E-state index contributed by atoms with van der Waals surface area (Å²) >= 11 is 5.90. The second kappa shape index (κ2) is 10.1. The molecule has 1 N–H and O–H groups in total. The van der Waals surface area contributed by atoms with Crippen molar-refractivity contribution >= 4 is 17.1 Å². The predicted octanol–water partition coefficient (Wildman–Crippen LogP) is 7.10. The van der Waals surface area contributed by atoms with Crippen LogP contribution in [0.2, 0.25) is 0 Å². The summed E-state index contributed by atoms with van der Waals surface area (Å²) < 4.78 is 32.7. The Morgan fingerprint density at radius 1 is 1.19 bits per heavy atom. The van der Waals surface area contributed by atoms with Crippen molar-refractivity contribution in [2.24, 2.45) is 17.3 Å². The average Bonchev–Trinajstić information content (AvgIpc) is 2.77. The lowest BCUT2D eigenvalue weighted by atomic mass is 9.59. The topological polar surface area (TPSA) is 29.5 Å². The molecule has 0 radical (unpaired) electrons. The number of hydrogen-bond acceptors (Lipinski definition) is 3. The monoisotopic (exact) mass is 462 g/mol. The first kappa shape index (κ1) is 25.0. The zero-order valence-electron chi connectivity index (χ0n) is 19.1. The molecule has 2 aliphatic rings. The van der Waals surface area contributed by atoms with Gasteiger partial charge in [0, 0.05) is 5.41 Å². The van der Waals surface area contributed by atoms with Gasteiger partial charge in [-0.3, -0.25) is 0 Å². The molecule has 5 heteroatoms. The Balaban J connectivity index is 1.49. The summed E-state index contributed by atoms with van der Waals surface area (Å²) in [7, 11) is 0. The number of aliphatic hydroxyl groups is 1. The molecule has 2 fully saturated rings. The molecule has 1 aromatic carbocycles. The van der Waals surface area contributed by atoms with Gasteiger partial charge >= 0.3 is 0 Å². The van der Waals surface area contributed by atoms with Gasteiger partial charge in [0.15, 0.2) is 0 Å². The zero-order valence-corrected chi connectivity index (χ0v) is 19.9. The van der Waals surface area contributed by atoms with Crippen LogP contribution in [0.3, 0.4) is 0 Å². The van der Waals surface area contributed by atoms with Crippen LogP contribution in [0.25, 0.3) is 0 Å². The lowest BCUT2D eigenvalue weighted by molar-refractivity contribution is -0.0207. The quantitative estimate of drug-likeness (QED) is 0.313. The molecule has 2 atom stereocenters. The third kappa shape index (κ3) is 5.85. The van der Waals surface area contributed by atoms with Crippen LogP contribution in [0, 0.1) is 17.3 Å². The van der Waals surface area contributed by atoms with Crippen molar-refractivity contribution in [2.75, 3.05) is 6.61 Å².